The van der Waals surface area contributed by atoms with E-state index in [2.05, 4.69) is 6.92 Å². The molecule has 96 valence electrons. The smallest absolute Gasteiger partial charge is 0.308 e. The molecule has 0 aliphatic heterocycles. The van der Waals surface area contributed by atoms with Crippen LogP contribution in [0.1, 0.15) is 72.1 Å². The van der Waals surface area contributed by atoms with Crippen LogP contribution in [0.4, 0.5) is 0 Å². The molecule has 0 heterocycles. The van der Waals surface area contributed by atoms with Crippen LogP contribution >= 0.6 is 0 Å². The molecule has 0 bridgehead atoms. The van der Waals surface area contributed by atoms with Gasteiger partial charge in [0, 0.05) is 0 Å². The summed E-state index contributed by atoms with van der Waals surface area (Å²) < 4.78 is 5.11. The predicted octanol–water partition coefficient (Wildman–Crippen LogP) is 4.33. The van der Waals surface area contributed by atoms with Crippen LogP contribution in [0.25, 0.3) is 0 Å². The molecule has 2 heteroatoms. The Bertz CT molecular complexity index is 166. The van der Waals surface area contributed by atoms with Gasteiger partial charge in [0.1, 0.15) is 0 Å². The first-order valence-electron chi connectivity index (χ1n) is 6.89. The van der Waals surface area contributed by atoms with Crippen molar-refractivity contribution in [3.63, 3.8) is 0 Å². The Labute approximate surface area is 101 Å². The zero-order valence-corrected chi connectivity index (χ0v) is 11.3. The van der Waals surface area contributed by atoms with E-state index in [-0.39, 0.29) is 11.9 Å². The average Bonchev–Trinajstić information content (AvgIpc) is 2.30. The third-order valence-corrected chi connectivity index (χ3v) is 2.84. The molecule has 0 spiro atoms. The van der Waals surface area contributed by atoms with Crippen molar-refractivity contribution in [1.82, 2.24) is 0 Å². The lowest BCUT2D eigenvalue weighted by atomic mass is 10.0. The van der Waals surface area contributed by atoms with Crippen molar-refractivity contribution >= 4 is 5.97 Å². The number of carbonyl (C=O) groups excluding carboxylic acids is 1. The normalized spacial score (nSPS) is 12.4. The van der Waals surface area contributed by atoms with Crippen LogP contribution in [-0.2, 0) is 9.53 Å². The molecule has 1 atom stereocenters. The number of unbranched alkanes of at least 4 members (excludes halogenated alkanes) is 5. The number of esters is 1. The largest absolute Gasteiger partial charge is 0.465 e. The van der Waals surface area contributed by atoms with Gasteiger partial charge in [-0.2, -0.15) is 0 Å². The minimum atomic E-state index is -0.0181. The van der Waals surface area contributed by atoms with Crippen molar-refractivity contribution in [2.24, 2.45) is 5.92 Å². The summed E-state index contributed by atoms with van der Waals surface area (Å²) in [5, 5.41) is 0. The quantitative estimate of drug-likeness (QED) is 0.411. The van der Waals surface area contributed by atoms with Gasteiger partial charge in [-0.05, 0) is 12.8 Å². The fraction of sp³-hybridized carbons (Fsp3) is 0.929. The maximum atomic E-state index is 11.4. The van der Waals surface area contributed by atoms with Crippen LogP contribution in [0.5, 0.6) is 0 Å². The molecule has 0 radical (unpaired) electrons. The maximum Gasteiger partial charge on any atom is 0.308 e. The zero-order valence-electron chi connectivity index (χ0n) is 11.3. The number of ether oxygens (including phenoxy) is 1. The van der Waals surface area contributed by atoms with E-state index in [1.165, 1.54) is 32.1 Å². The van der Waals surface area contributed by atoms with Crippen molar-refractivity contribution < 1.29 is 9.53 Å². The number of hydrogen-bond acceptors (Lipinski definition) is 2. The van der Waals surface area contributed by atoms with E-state index in [0.29, 0.717) is 6.61 Å². The van der Waals surface area contributed by atoms with Gasteiger partial charge in [0.15, 0.2) is 0 Å². The second kappa shape index (κ2) is 11.0. The van der Waals surface area contributed by atoms with E-state index >= 15 is 0 Å². The number of hydrogen-bond donors (Lipinski definition) is 0. The van der Waals surface area contributed by atoms with Gasteiger partial charge in [-0.15, -0.1) is 0 Å². The Morgan fingerprint density at radius 1 is 1.00 bits per heavy atom. The summed E-state index contributed by atoms with van der Waals surface area (Å²) in [5.41, 5.74) is 0. The summed E-state index contributed by atoms with van der Waals surface area (Å²) in [6.45, 7) is 6.79. The van der Waals surface area contributed by atoms with Crippen molar-refractivity contribution in [1.29, 1.82) is 0 Å². The van der Waals surface area contributed by atoms with Crippen LogP contribution in [0.3, 0.4) is 0 Å². The van der Waals surface area contributed by atoms with E-state index in [1.807, 2.05) is 13.8 Å². The molecule has 0 saturated heterocycles. The first-order chi connectivity index (χ1) is 7.72. The van der Waals surface area contributed by atoms with Crippen molar-refractivity contribution in [3.05, 3.63) is 0 Å². The zero-order chi connectivity index (χ0) is 12.2. The molecule has 1 unspecified atom stereocenters. The summed E-state index contributed by atoms with van der Waals surface area (Å²) in [5.74, 6) is 0.0631. The van der Waals surface area contributed by atoms with Crippen LogP contribution in [0.2, 0.25) is 0 Å². The van der Waals surface area contributed by atoms with Crippen molar-refractivity contribution in [3.8, 4) is 0 Å². The molecule has 0 aliphatic rings. The molecule has 2 nitrogen and oxygen atoms in total. The Hall–Kier alpha value is -0.530. The molecule has 0 rings (SSSR count). The summed E-state index contributed by atoms with van der Waals surface area (Å²) in [6.07, 6.45) is 9.59. The topological polar surface area (TPSA) is 26.3 Å². The van der Waals surface area contributed by atoms with Gasteiger partial charge in [-0.3, -0.25) is 4.79 Å². The van der Waals surface area contributed by atoms with Gasteiger partial charge in [0.2, 0.25) is 0 Å². The van der Waals surface area contributed by atoms with Gasteiger partial charge in [-0.1, -0.05) is 59.3 Å². The average molecular weight is 228 g/mol. The lowest BCUT2D eigenvalue weighted by molar-refractivity contribution is -0.148. The number of rotatable bonds is 10. The number of carbonyl (C=O) groups is 1. The van der Waals surface area contributed by atoms with Gasteiger partial charge < -0.3 is 4.74 Å². The van der Waals surface area contributed by atoms with E-state index < -0.39 is 0 Å². The Kier molecular flexibility index (Phi) is 10.6. The molecule has 0 aromatic rings. The highest BCUT2D eigenvalue weighted by Gasteiger charge is 2.12. The monoisotopic (exact) mass is 228 g/mol. The predicted molar refractivity (Wildman–Crippen MR) is 68.4 cm³/mol. The Morgan fingerprint density at radius 3 is 2.25 bits per heavy atom. The van der Waals surface area contributed by atoms with E-state index in [9.17, 15) is 4.79 Å². The summed E-state index contributed by atoms with van der Waals surface area (Å²) >= 11 is 0. The van der Waals surface area contributed by atoms with Crippen molar-refractivity contribution in [2.75, 3.05) is 6.61 Å². The molecule has 0 amide bonds. The van der Waals surface area contributed by atoms with Crippen LogP contribution < -0.4 is 0 Å². The minimum absolute atomic E-state index is 0.0181. The van der Waals surface area contributed by atoms with Gasteiger partial charge in [-0.25, -0.2) is 0 Å². The second-order valence-corrected chi connectivity index (χ2v) is 4.62. The third-order valence-electron chi connectivity index (χ3n) is 2.84. The molecule has 16 heavy (non-hydrogen) atoms. The maximum absolute atomic E-state index is 11.4. The SMILES string of the molecule is CCCCCCCCC(C)C(=O)OCCC. The van der Waals surface area contributed by atoms with E-state index in [1.54, 1.807) is 0 Å². The second-order valence-electron chi connectivity index (χ2n) is 4.62. The van der Waals surface area contributed by atoms with E-state index in [4.69, 9.17) is 4.74 Å². The van der Waals surface area contributed by atoms with Crippen molar-refractivity contribution in [2.45, 2.75) is 72.1 Å². The lowest BCUT2D eigenvalue weighted by Gasteiger charge is -2.10. The molecule has 0 aromatic carbocycles. The van der Waals surface area contributed by atoms with Gasteiger partial charge in [0.25, 0.3) is 0 Å². The van der Waals surface area contributed by atoms with Gasteiger partial charge >= 0.3 is 5.97 Å². The molecule has 0 aliphatic carbocycles. The summed E-state index contributed by atoms with van der Waals surface area (Å²) in [7, 11) is 0. The molecular weight excluding hydrogens is 200 g/mol. The Morgan fingerprint density at radius 2 is 1.62 bits per heavy atom. The highest BCUT2D eigenvalue weighted by Crippen LogP contribution is 2.13. The minimum Gasteiger partial charge on any atom is -0.465 e. The molecule has 0 N–H and O–H groups in total. The fourth-order valence-electron chi connectivity index (χ4n) is 1.69. The standard InChI is InChI=1S/C14H28O2/c1-4-6-7-8-9-10-11-13(3)14(15)16-12-5-2/h13H,4-12H2,1-3H3. The highest BCUT2D eigenvalue weighted by molar-refractivity contribution is 5.71. The third kappa shape index (κ3) is 8.75. The molecule has 0 saturated carbocycles. The molecule has 0 aromatic heterocycles. The Balaban J connectivity index is 3.35. The first-order valence-corrected chi connectivity index (χ1v) is 6.89. The summed E-state index contributed by atoms with van der Waals surface area (Å²) in [6, 6.07) is 0. The fourth-order valence-corrected chi connectivity index (χ4v) is 1.69. The summed E-state index contributed by atoms with van der Waals surface area (Å²) in [4.78, 5) is 11.4. The first kappa shape index (κ1) is 15.5. The lowest BCUT2D eigenvalue weighted by Crippen LogP contribution is -2.15. The van der Waals surface area contributed by atoms with Crippen LogP contribution in [-0.4, -0.2) is 12.6 Å². The van der Waals surface area contributed by atoms with Crippen LogP contribution in [0.15, 0.2) is 0 Å². The van der Waals surface area contributed by atoms with E-state index in [0.717, 1.165) is 19.3 Å². The molecule has 0 fully saturated rings. The van der Waals surface area contributed by atoms with Crippen LogP contribution in [0, 0.1) is 5.92 Å². The van der Waals surface area contributed by atoms with Gasteiger partial charge in [0.05, 0.1) is 12.5 Å². The highest BCUT2D eigenvalue weighted by atomic mass is 16.5. The molecular formula is C14H28O2.